The van der Waals surface area contributed by atoms with Crippen molar-refractivity contribution in [3.05, 3.63) is 47.8 Å². The van der Waals surface area contributed by atoms with Crippen molar-refractivity contribution < 1.29 is 14.3 Å². The molecule has 122 valence electrons. The first-order chi connectivity index (χ1) is 11.2. The van der Waals surface area contributed by atoms with Crippen LogP contribution in [0.2, 0.25) is 0 Å². The number of carbonyl (C=O) groups is 1. The second-order valence-corrected chi connectivity index (χ2v) is 5.74. The zero-order chi connectivity index (χ0) is 16.2. The van der Waals surface area contributed by atoms with Crippen molar-refractivity contribution in [1.82, 2.24) is 9.88 Å². The van der Waals surface area contributed by atoms with Crippen LogP contribution in [0.25, 0.3) is 0 Å². The van der Waals surface area contributed by atoms with E-state index in [4.69, 9.17) is 9.47 Å². The van der Waals surface area contributed by atoms with Gasteiger partial charge < -0.3 is 19.4 Å². The molecular weight excluding hydrogens is 292 g/mol. The second kappa shape index (κ2) is 6.77. The maximum Gasteiger partial charge on any atom is 0.227 e. The summed E-state index contributed by atoms with van der Waals surface area (Å²) in [5, 5.41) is 0. The Balaban J connectivity index is 1.74. The first-order valence-electron chi connectivity index (χ1n) is 7.86. The Bertz CT molecular complexity index is 667. The Labute approximate surface area is 136 Å². The van der Waals surface area contributed by atoms with Gasteiger partial charge in [-0.15, -0.1) is 0 Å². The van der Waals surface area contributed by atoms with Gasteiger partial charge in [-0.05, 0) is 42.7 Å². The number of nitrogens with one attached hydrogen (secondary N) is 1. The lowest BCUT2D eigenvalue weighted by atomic mass is 10.1. The molecule has 0 spiro atoms. The van der Waals surface area contributed by atoms with Crippen LogP contribution in [-0.2, 0) is 11.2 Å². The molecule has 1 aliphatic heterocycles. The smallest absolute Gasteiger partial charge is 0.227 e. The number of H-pyrrole nitrogens is 1. The molecule has 0 aliphatic carbocycles. The number of amides is 1. The third kappa shape index (κ3) is 3.18. The normalized spacial score (nSPS) is 17.3. The molecule has 1 fully saturated rings. The Morgan fingerprint density at radius 2 is 2.09 bits per heavy atom. The first-order valence-corrected chi connectivity index (χ1v) is 7.86. The number of aromatic amines is 1. The van der Waals surface area contributed by atoms with Gasteiger partial charge in [-0.1, -0.05) is 6.07 Å². The minimum Gasteiger partial charge on any atom is -0.493 e. The molecule has 23 heavy (non-hydrogen) atoms. The Hall–Kier alpha value is -2.43. The summed E-state index contributed by atoms with van der Waals surface area (Å²) in [4.78, 5) is 17.9. The van der Waals surface area contributed by atoms with Crippen molar-refractivity contribution in [3.8, 4) is 11.5 Å². The molecule has 1 atom stereocenters. The summed E-state index contributed by atoms with van der Waals surface area (Å²) in [5.41, 5.74) is 2.05. The largest absolute Gasteiger partial charge is 0.493 e. The van der Waals surface area contributed by atoms with Crippen LogP contribution < -0.4 is 9.47 Å². The highest BCUT2D eigenvalue weighted by Crippen LogP contribution is 2.32. The predicted molar refractivity (Wildman–Crippen MR) is 87.7 cm³/mol. The molecule has 1 aliphatic rings. The van der Waals surface area contributed by atoms with Crippen molar-refractivity contribution in [1.29, 1.82) is 0 Å². The van der Waals surface area contributed by atoms with E-state index in [1.807, 2.05) is 41.4 Å². The molecule has 1 saturated heterocycles. The minimum absolute atomic E-state index is 0.148. The molecule has 3 rings (SSSR count). The average Bonchev–Trinajstić information content (AvgIpc) is 3.25. The van der Waals surface area contributed by atoms with E-state index in [9.17, 15) is 4.79 Å². The summed E-state index contributed by atoms with van der Waals surface area (Å²) >= 11 is 0. The van der Waals surface area contributed by atoms with Crippen molar-refractivity contribution in [2.45, 2.75) is 25.3 Å². The number of hydrogen-bond donors (Lipinski definition) is 1. The van der Waals surface area contributed by atoms with E-state index < -0.39 is 0 Å². The van der Waals surface area contributed by atoms with Gasteiger partial charge in [0.2, 0.25) is 5.91 Å². The maximum absolute atomic E-state index is 12.7. The number of benzene rings is 1. The van der Waals surface area contributed by atoms with Crippen LogP contribution in [0.5, 0.6) is 11.5 Å². The average molecular weight is 314 g/mol. The van der Waals surface area contributed by atoms with E-state index in [-0.39, 0.29) is 11.9 Å². The molecule has 0 bridgehead atoms. The van der Waals surface area contributed by atoms with Crippen molar-refractivity contribution in [2.75, 3.05) is 20.8 Å². The maximum atomic E-state index is 12.7. The number of aromatic nitrogens is 1. The van der Waals surface area contributed by atoms with E-state index in [1.165, 1.54) is 0 Å². The Morgan fingerprint density at radius 1 is 1.26 bits per heavy atom. The fourth-order valence-electron chi connectivity index (χ4n) is 3.21. The second-order valence-electron chi connectivity index (χ2n) is 5.74. The lowest BCUT2D eigenvalue weighted by Gasteiger charge is -2.24. The lowest BCUT2D eigenvalue weighted by molar-refractivity contribution is -0.131. The zero-order valence-corrected chi connectivity index (χ0v) is 13.5. The SMILES string of the molecule is COc1ccc(CC(=O)N2CCCC2c2ccc[nH]2)cc1OC. The van der Waals surface area contributed by atoms with E-state index in [2.05, 4.69) is 4.98 Å². The number of ether oxygens (including phenoxy) is 2. The molecule has 2 heterocycles. The molecule has 5 nitrogen and oxygen atoms in total. The van der Waals surface area contributed by atoms with Crippen LogP contribution in [0.1, 0.15) is 30.1 Å². The molecule has 1 N–H and O–H groups in total. The molecule has 0 radical (unpaired) electrons. The van der Waals surface area contributed by atoms with Crippen molar-refractivity contribution >= 4 is 5.91 Å². The summed E-state index contributed by atoms with van der Waals surface area (Å²) in [7, 11) is 3.21. The predicted octanol–water partition coefficient (Wildman–Crippen LogP) is 2.94. The van der Waals surface area contributed by atoms with Crippen LogP contribution in [0.3, 0.4) is 0 Å². The molecular formula is C18H22N2O3. The number of rotatable bonds is 5. The molecule has 1 aromatic heterocycles. The van der Waals surface area contributed by atoms with Gasteiger partial charge in [0.05, 0.1) is 26.7 Å². The number of methoxy groups -OCH3 is 2. The van der Waals surface area contributed by atoms with Crippen LogP contribution >= 0.6 is 0 Å². The van der Waals surface area contributed by atoms with Gasteiger partial charge in [0.15, 0.2) is 11.5 Å². The molecule has 1 unspecified atom stereocenters. The molecule has 1 aromatic carbocycles. The van der Waals surface area contributed by atoms with Gasteiger partial charge in [0.25, 0.3) is 0 Å². The summed E-state index contributed by atoms with van der Waals surface area (Å²) in [6.07, 6.45) is 4.34. The third-order valence-corrected chi connectivity index (χ3v) is 4.36. The van der Waals surface area contributed by atoms with Crippen LogP contribution in [0.4, 0.5) is 0 Å². The van der Waals surface area contributed by atoms with Gasteiger partial charge in [-0.2, -0.15) is 0 Å². The lowest BCUT2D eigenvalue weighted by Crippen LogP contribution is -2.32. The minimum atomic E-state index is 0.148. The summed E-state index contributed by atoms with van der Waals surface area (Å²) in [6.45, 7) is 0.815. The van der Waals surface area contributed by atoms with E-state index in [1.54, 1.807) is 14.2 Å². The van der Waals surface area contributed by atoms with E-state index in [0.717, 1.165) is 30.6 Å². The van der Waals surface area contributed by atoms with Gasteiger partial charge >= 0.3 is 0 Å². The molecule has 5 heteroatoms. The zero-order valence-electron chi connectivity index (χ0n) is 13.5. The summed E-state index contributed by atoms with van der Waals surface area (Å²) < 4.78 is 10.5. The van der Waals surface area contributed by atoms with Gasteiger partial charge in [-0.25, -0.2) is 0 Å². The standard InChI is InChI=1S/C18H22N2O3/c1-22-16-8-7-13(11-17(16)23-2)12-18(21)20-10-4-6-15(20)14-5-3-9-19-14/h3,5,7-9,11,15,19H,4,6,10,12H2,1-2H3. The fraction of sp³-hybridized carbons (Fsp3) is 0.389. The molecule has 2 aromatic rings. The fourth-order valence-corrected chi connectivity index (χ4v) is 3.21. The summed E-state index contributed by atoms with van der Waals surface area (Å²) in [6, 6.07) is 9.82. The first kappa shape index (κ1) is 15.5. The summed E-state index contributed by atoms with van der Waals surface area (Å²) in [5.74, 6) is 1.48. The van der Waals surface area contributed by atoms with Crippen molar-refractivity contribution in [3.63, 3.8) is 0 Å². The van der Waals surface area contributed by atoms with Gasteiger partial charge in [0.1, 0.15) is 0 Å². The highest BCUT2D eigenvalue weighted by atomic mass is 16.5. The van der Waals surface area contributed by atoms with E-state index in [0.29, 0.717) is 17.9 Å². The highest BCUT2D eigenvalue weighted by Gasteiger charge is 2.30. The number of carbonyl (C=O) groups excluding carboxylic acids is 1. The quantitative estimate of drug-likeness (QED) is 0.923. The van der Waals surface area contributed by atoms with Crippen LogP contribution in [0.15, 0.2) is 36.5 Å². The molecule has 1 amide bonds. The van der Waals surface area contributed by atoms with E-state index >= 15 is 0 Å². The number of nitrogens with zero attached hydrogens (tertiary/aromatic N) is 1. The Morgan fingerprint density at radius 3 is 2.78 bits per heavy atom. The monoisotopic (exact) mass is 314 g/mol. The van der Waals surface area contributed by atoms with Crippen LogP contribution in [-0.4, -0.2) is 36.6 Å². The molecule has 0 saturated carbocycles. The van der Waals surface area contributed by atoms with Crippen LogP contribution in [0, 0.1) is 0 Å². The third-order valence-electron chi connectivity index (χ3n) is 4.36. The number of likely N-dealkylation sites (tertiary alicyclic amines) is 1. The van der Waals surface area contributed by atoms with Gasteiger partial charge in [0, 0.05) is 18.4 Å². The van der Waals surface area contributed by atoms with Crippen molar-refractivity contribution in [2.24, 2.45) is 0 Å². The van der Waals surface area contributed by atoms with Gasteiger partial charge in [-0.3, -0.25) is 4.79 Å². The number of hydrogen-bond acceptors (Lipinski definition) is 3. The Kier molecular flexibility index (Phi) is 4.55. The topological polar surface area (TPSA) is 54.6 Å². The highest BCUT2D eigenvalue weighted by molar-refractivity contribution is 5.79.